The van der Waals surface area contributed by atoms with Crippen LogP contribution in [0.2, 0.25) is 0 Å². The summed E-state index contributed by atoms with van der Waals surface area (Å²) in [6, 6.07) is 4.68. The lowest BCUT2D eigenvalue weighted by Crippen LogP contribution is -1.92. The van der Waals surface area contributed by atoms with Crippen LogP contribution in [0.3, 0.4) is 0 Å². The molecule has 0 atom stereocenters. The van der Waals surface area contributed by atoms with Crippen molar-refractivity contribution in [2.75, 3.05) is 13.7 Å². The van der Waals surface area contributed by atoms with Gasteiger partial charge in [0.25, 0.3) is 0 Å². The number of methoxy groups -OCH3 is 1. The number of hydrogen-bond donors (Lipinski definition) is 0. The number of halogens is 1. The van der Waals surface area contributed by atoms with Gasteiger partial charge in [0.15, 0.2) is 11.6 Å². The molecule has 4 nitrogen and oxygen atoms in total. The van der Waals surface area contributed by atoms with Gasteiger partial charge < -0.3 is 4.74 Å². The molecule has 1 aromatic carbocycles. The van der Waals surface area contributed by atoms with Crippen molar-refractivity contribution in [2.45, 2.75) is 6.42 Å². The molecule has 1 rings (SSSR count). The predicted molar refractivity (Wildman–Crippen MR) is 50.7 cm³/mol. The van der Waals surface area contributed by atoms with Crippen molar-refractivity contribution in [3.63, 3.8) is 0 Å². The largest absolute Gasteiger partial charge is 0.494 e. The minimum Gasteiger partial charge on any atom is -0.494 e. The highest BCUT2D eigenvalue weighted by atomic mass is 19.1. The second-order valence-electron chi connectivity index (χ2n) is 2.67. The van der Waals surface area contributed by atoms with Crippen molar-refractivity contribution in [3.8, 4) is 5.75 Å². The summed E-state index contributed by atoms with van der Waals surface area (Å²) >= 11 is 0. The van der Waals surface area contributed by atoms with Gasteiger partial charge >= 0.3 is 0 Å². The summed E-state index contributed by atoms with van der Waals surface area (Å²) in [5, 5.41) is 3.37. The van der Waals surface area contributed by atoms with Crippen LogP contribution in [0.1, 0.15) is 5.56 Å². The molecule has 0 saturated heterocycles. The first-order valence-corrected chi connectivity index (χ1v) is 4.11. The first-order valence-electron chi connectivity index (χ1n) is 4.11. The third kappa shape index (κ3) is 2.64. The molecule has 0 saturated carbocycles. The van der Waals surface area contributed by atoms with E-state index in [1.165, 1.54) is 13.2 Å². The van der Waals surface area contributed by atoms with Crippen LogP contribution >= 0.6 is 0 Å². The highest BCUT2D eigenvalue weighted by molar-refractivity contribution is 5.29. The number of nitrogens with zero attached hydrogens (tertiary/aromatic N) is 3. The Hall–Kier alpha value is -1.74. The molecule has 0 aromatic heterocycles. The van der Waals surface area contributed by atoms with Crippen molar-refractivity contribution in [1.29, 1.82) is 0 Å². The zero-order chi connectivity index (χ0) is 10.4. The molecule has 0 fully saturated rings. The Morgan fingerprint density at radius 3 is 2.93 bits per heavy atom. The van der Waals surface area contributed by atoms with Gasteiger partial charge in [0.2, 0.25) is 0 Å². The molecular formula is C9H10FN3O. The maximum Gasteiger partial charge on any atom is 0.165 e. The van der Waals surface area contributed by atoms with Gasteiger partial charge in [-0.2, -0.15) is 0 Å². The van der Waals surface area contributed by atoms with E-state index in [1.807, 2.05) is 0 Å². The summed E-state index contributed by atoms with van der Waals surface area (Å²) in [7, 11) is 1.41. The van der Waals surface area contributed by atoms with Gasteiger partial charge in [0.05, 0.1) is 7.11 Å². The Bertz CT molecular complexity index is 361. The van der Waals surface area contributed by atoms with Crippen molar-refractivity contribution in [2.24, 2.45) is 5.11 Å². The van der Waals surface area contributed by atoms with Crippen molar-refractivity contribution in [1.82, 2.24) is 0 Å². The molecule has 1 aromatic rings. The fourth-order valence-corrected chi connectivity index (χ4v) is 1.09. The van der Waals surface area contributed by atoms with E-state index >= 15 is 0 Å². The lowest BCUT2D eigenvalue weighted by Gasteiger charge is -2.03. The summed E-state index contributed by atoms with van der Waals surface area (Å²) in [5.41, 5.74) is 8.83. The van der Waals surface area contributed by atoms with Gasteiger partial charge in [0, 0.05) is 11.5 Å². The molecule has 0 aliphatic heterocycles. The highest BCUT2D eigenvalue weighted by Crippen LogP contribution is 2.17. The topological polar surface area (TPSA) is 58.0 Å². The molecule has 14 heavy (non-hydrogen) atoms. The first-order chi connectivity index (χ1) is 6.77. The molecule has 0 amide bonds. The normalized spacial score (nSPS) is 9.29. The Kier molecular flexibility index (Phi) is 3.76. The van der Waals surface area contributed by atoms with Crippen LogP contribution in [0.4, 0.5) is 4.39 Å². The van der Waals surface area contributed by atoms with Crippen LogP contribution in [-0.2, 0) is 6.42 Å². The lowest BCUT2D eigenvalue weighted by molar-refractivity contribution is 0.386. The van der Waals surface area contributed by atoms with Gasteiger partial charge in [-0.05, 0) is 29.6 Å². The predicted octanol–water partition coefficient (Wildman–Crippen LogP) is 2.69. The Labute approximate surface area is 80.9 Å². The van der Waals surface area contributed by atoms with Crippen molar-refractivity contribution < 1.29 is 9.13 Å². The van der Waals surface area contributed by atoms with Gasteiger partial charge in [-0.3, -0.25) is 0 Å². The van der Waals surface area contributed by atoms with Crippen LogP contribution in [0.5, 0.6) is 5.75 Å². The van der Waals surface area contributed by atoms with Gasteiger partial charge in [-0.15, -0.1) is 0 Å². The average Bonchev–Trinajstić information content (AvgIpc) is 2.18. The minimum atomic E-state index is -0.397. The van der Waals surface area contributed by atoms with Gasteiger partial charge in [-0.1, -0.05) is 11.2 Å². The molecule has 0 radical (unpaired) electrons. The smallest absolute Gasteiger partial charge is 0.165 e. The van der Waals surface area contributed by atoms with Gasteiger partial charge in [-0.25, -0.2) is 4.39 Å². The Morgan fingerprint density at radius 2 is 2.36 bits per heavy atom. The fourth-order valence-electron chi connectivity index (χ4n) is 1.09. The van der Waals surface area contributed by atoms with Crippen LogP contribution in [0.25, 0.3) is 10.4 Å². The quantitative estimate of drug-likeness (QED) is 0.414. The molecule has 0 aliphatic rings. The van der Waals surface area contributed by atoms with Crippen LogP contribution < -0.4 is 4.74 Å². The molecular weight excluding hydrogens is 185 g/mol. The van der Waals surface area contributed by atoms with E-state index in [9.17, 15) is 4.39 Å². The molecule has 0 bridgehead atoms. The molecule has 0 heterocycles. The Morgan fingerprint density at radius 1 is 1.57 bits per heavy atom. The summed E-state index contributed by atoms with van der Waals surface area (Å²) < 4.78 is 17.9. The summed E-state index contributed by atoms with van der Waals surface area (Å²) in [6.45, 7) is 0.336. The van der Waals surface area contributed by atoms with E-state index in [0.29, 0.717) is 13.0 Å². The van der Waals surface area contributed by atoms with E-state index in [4.69, 9.17) is 10.3 Å². The van der Waals surface area contributed by atoms with E-state index in [-0.39, 0.29) is 5.75 Å². The second-order valence-corrected chi connectivity index (χ2v) is 2.67. The maximum absolute atomic E-state index is 13.1. The summed E-state index contributed by atoms with van der Waals surface area (Å²) in [6.07, 6.45) is 0.533. The van der Waals surface area contributed by atoms with E-state index in [2.05, 4.69) is 10.0 Å². The van der Waals surface area contributed by atoms with Crippen LogP contribution in [0, 0.1) is 5.82 Å². The molecule has 74 valence electrons. The zero-order valence-corrected chi connectivity index (χ0v) is 7.77. The number of azide groups is 1. The van der Waals surface area contributed by atoms with E-state index in [0.717, 1.165) is 5.56 Å². The van der Waals surface area contributed by atoms with Gasteiger partial charge in [0.1, 0.15) is 0 Å². The third-order valence-electron chi connectivity index (χ3n) is 1.78. The highest BCUT2D eigenvalue weighted by Gasteiger charge is 2.02. The monoisotopic (exact) mass is 195 g/mol. The lowest BCUT2D eigenvalue weighted by atomic mass is 10.1. The molecule has 0 aliphatic carbocycles. The van der Waals surface area contributed by atoms with E-state index in [1.54, 1.807) is 12.1 Å². The van der Waals surface area contributed by atoms with E-state index < -0.39 is 5.82 Å². The molecule has 0 spiro atoms. The SMILES string of the molecule is COc1ccc(CCN=[N+]=[N-])cc1F. The molecule has 0 unspecified atom stereocenters. The second kappa shape index (κ2) is 5.09. The van der Waals surface area contributed by atoms with Crippen LogP contribution in [0.15, 0.2) is 23.3 Å². The third-order valence-corrected chi connectivity index (χ3v) is 1.78. The van der Waals surface area contributed by atoms with Crippen molar-refractivity contribution in [3.05, 3.63) is 40.0 Å². The zero-order valence-electron chi connectivity index (χ0n) is 7.77. The first kappa shape index (κ1) is 10.3. The number of hydrogen-bond acceptors (Lipinski definition) is 2. The Balaban J connectivity index is 2.70. The standard InChI is InChI=1S/C9H10FN3O/c1-14-9-3-2-7(6-8(9)10)4-5-12-13-11/h2-3,6H,4-5H2,1H3. The minimum absolute atomic E-state index is 0.220. The maximum atomic E-state index is 13.1. The summed E-state index contributed by atoms with van der Waals surface area (Å²) in [5.74, 6) is -0.177. The summed E-state index contributed by atoms with van der Waals surface area (Å²) in [4.78, 5) is 2.61. The molecule has 0 N–H and O–H groups in total. The molecule has 5 heteroatoms. The number of ether oxygens (including phenoxy) is 1. The van der Waals surface area contributed by atoms with Crippen molar-refractivity contribution >= 4 is 0 Å². The number of rotatable bonds is 4. The average molecular weight is 195 g/mol. The van der Waals surface area contributed by atoms with Crippen LogP contribution in [-0.4, -0.2) is 13.7 Å². The fraction of sp³-hybridized carbons (Fsp3) is 0.333. The number of benzene rings is 1.